The molecule has 0 aliphatic carbocycles. The summed E-state index contributed by atoms with van der Waals surface area (Å²) in [5, 5.41) is 13.7. The third kappa shape index (κ3) is 3.65. The maximum absolute atomic E-state index is 10.6. The van der Waals surface area contributed by atoms with Gasteiger partial charge in [-0.15, -0.1) is 0 Å². The van der Waals surface area contributed by atoms with Gasteiger partial charge < -0.3 is 5.32 Å². The second-order valence-corrected chi connectivity index (χ2v) is 4.31. The summed E-state index contributed by atoms with van der Waals surface area (Å²) in [6.07, 6.45) is 5.25. The first-order chi connectivity index (χ1) is 9.66. The summed E-state index contributed by atoms with van der Waals surface area (Å²) < 4.78 is 0. The molecule has 1 heterocycles. The third-order valence-electron chi connectivity index (χ3n) is 2.77. The Bertz CT molecular complexity index is 624. The number of aryl methyl sites for hydroxylation is 1. The Morgan fingerprint density at radius 1 is 1.35 bits per heavy atom. The second kappa shape index (κ2) is 6.47. The molecule has 0 spiro atoms. The van der Waals surface area contributed by atoms with Crippen LogP contribution in [-0.4, -0.2) is 16.5 Å². The number of nitrogens with zero attached hydrogens (tertiary/aromatic N) is 2. The molecule has 0 unspecified atom stereocenters. The average molecular weight is 269 g/mol. The van der Waals surface area contributed by atoms with Crippen molar-refractivity contribution < 1.29 is 4.92 Å². The molecule has 2 rings (SSSR count). The van der Waals surface area contributed by atoms with Gasteiger partial charge in [-0.2, -0.15) is 0 Å². The third-order valence-corrected chi connectivity index (χ3v) is 2.77. The van der Waals surface area contributed by atoms with Crippen LogP contribution in [0.25, 0.3) is 6.08 Å². The van der Waals surface area contributed by atoms with E-state index in [4.69, 9.17) is 0 Å². The molecule has 0 fully saturated rings. The van der Waals surface area contributed by atoms with Gasteiger partial charge in [-0.05, 0) is 18.1 Å². The minimum atomic E-state index is -0.445. The Hall–Kier alpha value is -2.69. The summed E-state index contributed by atoms with van der Waals surface area (Å²) in [4.78, 5) is 14.2. The number of anilines is 1. The van der Waals surface area contributed by atoms with Gasteiger partial charge in [0.2, 0.25) is 0 Å². The fraction of sp³-hybridized carbons (Fsp3) is 0.133. The average Bonchev–Trinajstić information content (AvgIpc) is 2.46. The van der Waals surface area contributed by atoms with Crippen molar-refractivity contribution in [3.8, 4) is 0 Å². The van der Waals surface area contributed by atoms with E-state index in [1.807, 2.05) is 42.5 Å². The molecule has 0 bridgehead atoms. The summed E-state index contributed by atoms with van der Waals surface area (Å²) in [6, 6.07) is 11.5. The zero-order valence-corrected chi connectivity index (χ0v) is 11.1. The summed E-state index contributed by atoms with van der Waals surface area (Å²) >= 11 is 0. The molecular weight excluding hydrogens is 254 g/mol. The number of nitro groups is 1. The van der Waals surface area contributed by atoms with Crippen LogP contribution in [0.2, 0.25) is 0 Å². The van der Waals surface area contributed by atoms with E-state index in [1.165, 1.54) is 12.3 Å². The van der Waals surface area contributed by atoms with Crippen LogP contribution in [0.5, 0.6) is 0 Å². The Morgan fingerprint density at radius 2 is 2.10 bits per heavy atom. The number of hydrogen-bond donors (Lipinski definition) is 1. The lowest BCUT2D eigenvalue weighted by Crippen LogP contribution is -2.03. The normalized spacial score (nSPS) is 10.7. The molecule has 0 atom stereocenters. The quantitative estimate of drug-likeness (QED) is 0.667. The highest BCUT2D eigenvalue weighted by molar-refractivity contribution is 5.52. The van der Waals surface area contributed by atoms with E-state index in [0.29, 0.717) is 12.4 Å². The lowest BCUT2D eigenvalue weighted by molar-refractivity contribution is -0.385. The Balaban J connectivity index is 1.94. The first-order valence-electron chi connectivity index (χ1n) is 6.23. The molecule has 5 heteroatoms. The maximum atomic E-state index is 10.6. The number of rotatable bonds is 5. The van der Waals surface area contributed by atoms with E-state index in [2.05, 4.69) is 10.3 Å². The van der Waals surface area contributed by atoms with Crippen molar-refractivity contribution in [2.45, 2.75) is 6.92 Å². The highest BCUT2D eigenvalue weighted by Crippen LogP contribution is 2.17. The molecule has 0 aliphatic heterocycles. The van der Waals surface area contributed by atoms with Crippen LogP contribution >= 0.6 is 0 Å². The molecule has 0 saturated carbocycles. The van der Waals surface area contributed by atoms with E-state index >= 15 is 0 Å². The summed E-state index contributed by atoms with van der Waals surface area (Å²) in [6.45, 7) is 2.41. The van der Waals surface area contributed by atoms with Crippen LogP contribution in [-0.2, 0) is 0 Å². The van der Waals surface area contributed by atoms with Gasteiger partial charge in [-0.3, -0.25) is 10.1 Å². The molecule has 0 radical (unpaired) electrons. The number of benzene rings is 1. The lowest BCUT2D eigenvalue weighted by Gasteiger charge is -2.05. The van der Waals surface area contributed by atoms with Crippen molar-refractivity contribution in [1.82, 2.24) is 4.98 Å². The van der Waals surface area contributed by atoms with Gasteiger partial charge in [0, 0.05) is 12.6 Å². The number of hydrogen-bond acceptors (Lipinski definition) is 4. The first kappa shape index (κ1) is 13.7. The monoisotopic (exact) mass is 269 g/mol. The predicted molar refractivity (Wildman–Crippen MR) is 79.6 cm³/mol. The maximum Gasteiger partial charge on any atom is 0.287 e. The van der Waals surface area contributed by atoms with Gasteiger partial charge in [0.15, 0.2) is 0 Å². The lowest BCUT2D eigenvalue weighted by atomic mass is 10.2. The molecular formula is C15H15N3O2. The zero-order valence-electron chi connectivity index (χ0n) is 11.1. The Kier molecular flexibility index (Phi) is 4.44. The van der Waals surface area contributed by atoms with Gasteiger partial charge in [0.1, 0.15) is 12.0 Å². The number of pyridine rings is 1. The summed E-state index contributed by atoms with van der Waals surface area (Å²) in [5.74, 6) is 0.660. The van der Waals surface area contributed by atoms with E-state index in [1.54, 1.807) is 6.92 Å². The fourth-order valence-electron chi connectivity index (χ4n) is 1.76. The Labute approximate surface area is 117 Å². The fourth-order valence-corrected chi connectivity index (χ4v) is 1.76. The van der Waals surface area contributed by atoms with Crippen LogP contribution in [0.3, 0.4) is 0 Å². The molecule has 2 aromatic rings. The molecule has 1 N–H and O–H groups in total. The van der Waals surface area contributed by atoms with Crippen LogP contribution in [0.15, 0.2) is 48.7 Å². The van der Waals surface area contributed by atoms with Crippen molar-refractivity contribution in [3.63, 3.8) is 0 Å². The van der Waals surface area contributed by atoms with Crippen LogP contribution in [0.4, 0.5) is 11.5 Å². The molecule has 102 valence electrons. The van der Waals surface area contributed by atoms with Crippen LogP contribution in [0.1, 0.15) is 11.1 Å². The summed E-state index contributed by atoms with van der Waals surface area (Å²) in [5.41, 5.74) is 1.89. The standard InChI is InChI=1S/C15H15N3O2/c1-12-10-14(18(19)20)11-17-15(12)16-9-5-8-13-6-3-2-4-7-13/h2-8,10-11H,9H2,1H3,(H,16,17)/b8-5+. The van der Waals surface area contributed by atoms with Gasteiger partial charge in [0.25, 0.3) is 5.69 Å². The number of aromatic nitrogens is 1. The summed E-state index contributed by atoms with van der Waals surface area (Å²) in [7, 11) is 0. The zero-order chi connectivity index (χ0) is 14.4. The van der Waals surface area contributed by atoms with Crippen molar-refractivity contribution in [3.05, 3.63) is 69.9 Å². The van der Waals surface area contributed by atoms with Crippen LogP contribution < -0.4 is 5.32 Å². The molecule has 0 aliphatic rings. The van der Waals surface area contributed by atoms with Crippen LogP contribution in [0, 0.1) is 17.0 Å². The molecule has 0 amide bonds. The second-order valence-electron chi connectivity index (χ2n) is 4.31. The highest BCUT2D eigenvalue weighted by Gasteiger charge is 2.08. The Morgan fingerprint density at radius 3 is 2.75 bits per heavy atom. The minimum Gasteiger partial charge on any atom is -0.366 e. The molecule has 20 heavy (non-hydrogen) atoms. The van der Waals surface area contributed by atoms with Gasteiger partial charge in [-0.1, -0.05) is 42.5 Å². The highest BCUT2D eigenvalue weighted by atomic mass is 16.6. The van der Waals surface area contributed by atoms with Crippen molar-refractivity contribution in [2.75, 3.05) is 11.9 Å². The van der Waals surface area contributed by atoms with E-state index < -0.39 is 4.92 Å². The van der Waals surface area contributed by atoms with Crippen molar-refractivity contribution in [1.29, 1.82) is 0 Å². The van der Waals surface area contributed by atoms with Crippen molar-refractivity contribution in [2.24, 2.45) is 0 Å². The van der Waals surface area contributed by atoms with E-state index in [-0.39, 0.29) is 5.69 Å². The molecule has 0 saturated heterocycles. The number of nitrogens with one attached hydrogen (secondary N) is 1. The molecule has 1 aromatic heterocycles. The van der Waals surface area contributed by atoms with Gasteiger partial charge in [0.05, 0.1) is 4.92 Å². The first-order valence-corrected chi connectivity index (χ1v) is 6.23. The van der Waals surface area contributed by atoms with E-state index in [9.17, 15) is 10.1 Å². The predicted octanol–water partition coefficient (Wildman–Crippen LogP) is 3.42. The van der Waals surface area contributed by atoms with Crippen molar-refractivity contribution >= 4 is 17.6 Å². The van der Waals surface area contributed by atoms with Gasteiger partial charge >= 0.3 is 0 Å². The molecule has 5 nitrogen and oxygen atoms in total. The topological polar surface area (TPSA) is 68.1 Å². The largest absolute Gasteiger partial charge is 0.366 e. The minimum absolute atomic E-state index is 0.00729. The SMILES string of the molecule is Cc1cc([N+](=O)[O-])cnc1NC/C=C/c1ccccc1. The smallest absolute Gasteiger partial charge is 0.287 e. The van der Waals surface area contributed by atoms with Gasteiger partial charge in [-0.25, -0.2) is 4.98 Å². The van der Waals surface area contributed by atoms with E-state index in [0.717, 1.165) is 11.1 Å². The molecule has 1 aromatic carbocycles.